The van der Waals surface area contributed by atoms with Gasteiger partial charge >= 0.3 is 0 Å². The lowest BCUT2D eigenvalue weighted by Gasteiger charge is -2.27. The van der Waals surface area contributed by atoms with Crippen molar-refractivity contribution in [2.24, 2.45) is 0 Å². The van der Waals surface area contributed by atoms with Crippen LogP contribution in [0.5, 0.6) is 5.75 Å². The van der Waals surface area contributed by atoms with Crippen LogP contribution in [-0.4, -0.2) is 35.4 Å². The van der Waals surface area contributed by atoms with Gasteiger partial charge in [0, 0.05) is 6.04 Å². The topological polar surface area (TPSA) is 90.8 Å². The summed E-state index contributed by atoms with van der Waals surface area (Å²) in [7, 11) is 1.59. The number of ether oxygens (including phenoxy) is 1. The Morgan fingerprint density at radius 2 is 2.10 bits per heavy atom. The molecule has 0 saturated carbocycles. The summed E-state index contributed by atoms with van der Waals surface area (Å²) in [5.41, 5.74) is 7.21. The standard InChI is InChI=1S/C14H20N2O4/c1-20-12-5-9(4-10(6-12)8-17)2-3-11-7-13(18)14(19)16-15-11/h4-6,11,13,15,17-18H,2-3,7-8H2,1H3,(H,16,19). The Balaban J connectivity index is 1.95. The van der Waals surface area contributed by atoms with Crippen molar-refractivity contribution < 1.29 is 19.7 Å². The van der Waals surface area contributed by atoms with Crippen LogP contribution >= 0.6 is 0 Å². The summed E-state index contributed by atoms with van der Waals surface area (Å²) in [4.78, 5) is 11.1. The van der Waals surface area contributed by atoms with Gasteiger partial charge in [-0.05, 0) is 42.5 Å². The van der Waals surface area contributed by atoms with Gasteiger partial charge in [-0.15, -0.1) is 0 Å². The maximum atomic E-state index is 11.1. The summed E-state index contributed by atoms with van der Waals surface area (Å²) >= 11 is 0. The highest BCUT2D eigenvalue weighted by molar-refractivity contribution is 5.80. The fraction of sp³-hybridized carbons (Fsp3) is 0.500. The van der Waals surface area contributed by atoms with Gasteiger partial charge < -0.3 is 14.9 Å². The van der Waals surface area contributed by atoms with E-state index in [0.29, 0.717) is 6.42 Å². The maximum absolute atomic E-state index is 11.1. The molecule has 1 aromatic carbocycles. The fourth-order valence-corrected chi connectivity index (χ4v) is 2.30. The van der Waals surface area contributed by atoms with Crippen LogP contribution in [0.2, 0.25) is 0 Å². The van der Waals surface area contributed by atoms with Crippen LogP contribution in [0, 0.1) is 0 Å². The summed E-state index contributed by atoms with van der Waals surface area (Å²) in [6, 6.07) is 5.69. The van der Waals surface area contributed by atoms with E-state index in [4.69, 9.17) is 4.74 Å². The summed E-state index contributed by atoms with van der Waals surface area (Å²) < 4.78 is 5.20. The smallest absolute Gasteiger partial charge is 0.262 e. The predicted octanol–water partition coefficient (Wildman–Crippen LogP) is -0.126. The van der Waals surface area contributed by atoms with Crippen molar-refractivity contribution in [3.05, 3.63) is 29.3 Å². The van der Waals surface area contributed by atoms with Crippen molar-refractivity contribution in [2.45, 2.75) is 38.0 Å². The molecule has 1 amide bonds. The van der Waals surface area contributed by atoms with Crippen LogP contribution in [0.15, 0.2) is 18.2 Å². The van der Waals surface area contributed by atoms with Gasteiger partial charge in [0.15, 0.2) is 0 Å². The lowest BCUT2D eigenvalue weighted by molar-refractivity contribution is -0.134. The molecule has 0 spiro atoms. The van der Waals surface area contributed by atoms with Gasteiger partial charge in [0.1, 0.15) is 11.9 Å². The molecule has 1 aliphatic heterocycles. The summed E-state index contributed by atoms with van der Waals surface area (Å²) in [5, 5.41) is 18.7. The first kappa shape index (κ1) is 14.8. The van der Waals surface area contributed by atoms with Crippen molar-refractivity contribution in [3.8, 4) is 5.75 Å². The largest absolute Gasteiger partial charge is 0.497 e. The quantitative estimate of drug-likeness (QED) is 0.603. The lowest BCUT2D eigenvalue weighted by atomic mass is 9.98. The first-order chi connectivity index (χ1) is 9.62. The first-order valence-corrected chi connectivity index (χ1v) is 6.63. The number of hydrogen-bond donors (Lipinski definition) is 4. The molecule has 110 valence electrons. The van der Waals surface area contributed by atoms with Crippen molar-refractivity contribution in [1.82, 2.24) is 10.9 Å². The molecule has 0 bridgehead atoms. The number of aliphatic hydroxyl groups excluding tert-OH is 2. The molecule has 4 N–H and O–H groups in total. The van der Waals surface area contributed by atoms with Gasteiger partial charge in [-0.2, -0.15) is 0 Å². The molecule has 1 aliphatic rings. The van der Waals surface area contributed by atoms with Crippen molar-refractivity contribution in [1.29, 1.82) is 0 Å². The zero-order valence-electron chi connectivity index (χ0n) is 11.4. The third kappa shape index (κ3) is 3.69. The highest BCUT2D eigenvalue weighted by atomic mass is 16.5. The molecule has 0 aromatic heterocycles. The zero-order chi connectivity index (χ0) is 14.5. The second-order valence-corrected chi connectivity index (χ2v) is 4.97. The molecule has 1 fully saturated rings. The van der Waals surface area contributed by atoms with Crippen LogP contribution in [-0.2, 0) is 17.8 Å². The fourth-order valence-electron chi connectivity index (χ4n) is 2.30. The summed E-state index contributed by atoms with van der Waals surface area (Å²) in [6.07, 6.45) is 1.00. The van der Waals surface area contributed by atoms with Gasteiger partial charge in [0.2, 0.25) is 0 Å². The molecule has 2 rings (SSSR count). The van der Waals surface area contributed by atoms with Gasteiger partial charge in [-0.1, -0.05) is 6.07 Å². The number of hydrogen-bond acceptors (Lipinski definition) is 5. The molecule has 20 heavy (non-hydrogen) atoms. The number of aliphatic hydroxyl groups is 2. The molecule has 6 heteroatoms. The number of rotatable bonds is 5. The number of methoxy groups -OCH3 is 1. The van der Waals surface area contributed by atoms with Crippen molar-refractivity contribution in [3.63, 3.8) is 0 Å². The van der Waals surface area contributed by atoms with Crippen LogP contribution in [0.4, 0.5) is 0 Å². The molecule has 1 aromatic rings. The minimum Gasteiger partial charge on any atom is -0.497 e. The van der Waals surface area contributed by atoms with E-state index in [1.807, 2.05) is 12.1 Å². The first-order valence-electron chi connectivity index (χ1n) is 6.63. The van der Waals surface area contributed by atoms with Gasteiger partial charge in [-0.3, -0.25) is 10.2 Å². The average Bonchev–Trinajstić information content (AvgIpc) is 2.48. The minimum atomic E-state index is -0.945. The van der Waals surface area contributed by atoms with E-state index in [-0.39, 0.29) is 18.6 Å². The molecule has 2 unspecified atom stereocenters. The predicted molar refractivity (Wildman–Crippen MR) is 72.9 cm³/mol. The van der Waals surface area contributed by atoms with Crippen LogP contribution in [0.3, 0.4) is 0 Å². The molecule has 0 aliphatic carbocycles. The van der Waals surface area contributed by atoms with E-state index in [1.54, 1.807) is 13.2 Å². The highest BCUT2D eigenvalue weighted by Crippen LogP contribution is 2.19. The van der Waals surface area contributed by atoms with Gasteiger partial charge in [0.05, 0.1) is 13.7 Å². The SMILES string of the molecule is COc1cc(CO)cc(CCC2CC(O)C(=O)NN2)c1. The van der Waals surface area contributed by atoms with E-state index in [0.717, 1.165) is 29.7 Å². The van der Waals surface area contributed by atoms with E-state index in [9.17, 15) is 15.0 Å². The molecule has 1 saturated heterocycles. The Hall–Kier alpha value is -1.63. The van der Waals surface area contributed by atoms with E-state index < -0.39 is 6.10 Å². The lowest BCUT2D eigenvalue weighted by Crippen LogP contribution is -2.55. The summed E-state index contributed by atoms with van der Waals surface area (Å²) in [6.45, 7) is -0.0271. The van der Waals surface area contributed by atoms with E-state index in [1.165, 1.54) is 0 Å². The Morgan fingerprint density at radius 1 is 1.35 bits per heavy atom. The van der Waals surface area contributed by atoms with Crippen LogP contribution in [0.25, 0.3) is 0 Å². The van der Waals surface area contributed by atoms with Gasteiger partial charge in [-0.25, -0.2) is 5.43 Å². The number of amides is 1. The monoisotopic (exact) mass is 280 g/mol. The molecule has 0 radical (unpaired) electrons. The molecule has 6 nitrogen and oxygen atoms in total. The molecular weight excluding hydrogens is 260 g/mol. The highest BCUT2D eigenvalue weighted by Gasteiger charge is 2.25. The van der Waals surface area contributed by atoms with E-state index in [2.05, 4.69) is 10.9 Å². The second-order valence-electron chi connectivity index (χ2n) is 4.97. The Bertz CT molecular complexity index is 456. The van der Waals surface area contributed by atoms with Gasteiger partial charge in [0.25, 0.3) is 5.91 Å². The number of nitrogens with one attached hydrogen (secondary N) is 2. The minimum absolute atomic E-state index is 0.0271. The Morgan fingerprint density at radius 3 is 2.75 bits per heavy atom. The average molecular weight is 280 g/mol. The maximum Gasteiger partial charge on any atom is 0.262 e. The number of carbonyl (C=O) groups excluding carboxylic acids is 1. The van der Waals surface area contributed by atoms with E-state index >= 15 is 0 Å². The van der Waals surface area contributed by atoms with Crippen LogP contribution < -0.4 is 15.6 Å². The number of benzene rings is 1. The van der Waals surface area contributed by atoms with Crippen molar-refractivity contribution >= 4 is 5.91 Å². The third-order valence-corrected chi connectivity index (χ3v) is 3.44. The Kier molecular flexibility index (Phi) is 4.94. The normalized spacial score (nSPS) is 22.4. The molecule has 2 atom stereocenters. The third-order valence-electron chi connectivity index (χ3n) is 3.44. The van der Waals surface area contributed by atoms with Crippen LogP contribution in [0.1, 0.15) is 24.0 Å². The number of aryl methyl sites for hydroxylation is 1. The molecule has 1 heterocycles. The molecular formula is C14H20N2O4. The number of carbonyl (C=O) groups is 1. The van der Waals surface area contributed by atoms with Crippen molar-refractivity contribution in [2.75, 3.05) is 7.11 Å². The number of hydrazine groups is 1. The zero-order valence-corrected chi connectivity index (χ0v) is 11.4. The summed E-state index contributed by atoms with van der Waals surface area (Å²) in [5.74, 6) is 0.335. The Labute approximate surface area is 117 Å². The second kappa shape index (κ2) is 6.69.